The fourth-order valence-corrected chi connectivity index (χ4v) is 1.68. The minimum absolute atomic E-state index is 0.0113. The number of carbonyl (C=O) groups is 1. The maximum absolute atomic E-state index is 11.0. The van der Waals surface area contributed by atoms with Crippen molar-refractivity contribution < 1.29 is 14.8 Å². The molecule has 0 fully saturated rings. The van der Waals surface area contributed by atoms with Gasteiger partial charge in [0.25, 0.3) is 5.69 Å². The number of Topliss-reactive ketones (excluding diaryl/α,β-unsaturated/α-hetero) is 1. The quantitative estimate of drug-likeness (QED) is 0.393. The summed E-state index contributed by atoms with van der Waals surface area (Å²) in [5.41, 5.74) is -0.324. The fourth-order valence-electron chi connectivity index (χ4n) is 1.02. The van der Waals surface area contributed by atoms with E-state index in [9.17, 15) is 20.0 Å². The van der Waals surface area contributed by atoms with Gasteiger partial charge >= 0.3 is 0 Å². The van der Waals surface area contributed by atoms with Crippen molar-refractivity contribution in [2.75, 3.05) is 0 Å². The molecule has 0 saturated carbocycles. The van der Waals surface area contributed by atoms with Crippen molar-refractivity contribution in [2.45, 2.75) is 6.92 Å². The number of phenols is 1. The number of aromatic hydroxyl groups is 1. The summed E-state index contributed by atoms with van der Waals surface area (Å²) >= 11 is 1.64. The van der Waals surface area contributed by atoms with Crippen LogP contribution in [-0.4, -0.2) is 15.8 Å². The zero-order valence-electron chi connectivity index (χ0n) is 7.15. The van der Waals surface area contributed by atoms with Crippen LogP contribution in [0.1, 0.15) is 17.3 Å². The zero-order valence-corrected chi connectivity index (χ0v) is 9.31. The lowest BCUT2D eigenvalue weighted by Crippen LogP contribution is -2.02. The Morgan fingerprint density at radius 2 is 2.14 bits per heavy atom. The molecule has 0 amide bonds. The van der Waals surface area contributed by atoms with Gasteiger partial charge in [0.2, 0.25) is 0 Å². The Bertz CT molecular complexity index is 416. The summed E-state index contributed by atoms with van der Waals surface area (Å²) in [6, 6.07) is 2.52. The Kier molecular flexibility index (Phi) is 3.04. The normalized spacial score (nSPS) is 9.86. The highest BCUT2D eigenvalue weighted by molar-refractivity contribution is 14.1. The second-order valence-electron chi connectivity index (χ2n) is 2.61. The zero-order chi connectivity index (χ0) is 10.9. The number of phenolic OH excluding ortho intramolecular Hbond substituents is 1. The molecule has 1 aromatic carbocycles. The summed E-state index contributed by atoms with van der Waals surface area (Å²) in [7, 11) is 0. The number of rotatable bonds is 2. The molecule has 0 aliphatic heterocycles. The number of hydrogen-bond donors (Lipinski definition) is 1. The van der Waals surface area contributed by atoms with Crippen molar-refractivity contribution >= 4 is 34.1 Å². The molecule has 1 rings (SSSR count). The number of carbonyl (C=O) groups excluding carboxylic acids is 1. The van der Waals surface area contributed by atoms with E-state index in [1.807, 2.05) is 0 Å². The highest BCUT2D eigenvalue weighted by atomic mass is 127. The molecule has 14 heavy (non-hydrogen) atoms. The van der Waals surface area contributed by atoms with Crippen LogP contribution in [0.5, 0.6) is 5.75 Å². The predicted molar refractivity (Wildman–Crippen MR) is 57.5 cm³/mol. The third-order valence-electron chi connectivity index (χ3n) is 1.66. The summed E-state index contributed by atoms with van der Waals surface area (Å²) < 4.78 is 0.0836. The number of nitro benzene ring substituents is 1. The Balaban J connectivity index is 3.53. The Hall–Kier alpha value is -1.18. The van der Waals surface area contributed by atoms with Crippen LogP contribution in [0.15, 0.2) is 12.1 Å². The first-order valence-electron chi connectivity index (χ1n) is 3.62. The van der Waals surface area contributed by atoms with Crippen LogP contribution in [-0.2, 0) is 0 Å². The van der Waals surface area contributed by atoms with Gasteiger partial charge in [-0.3, -0.25) is 14.9 Å². The lowest BCUT2D eigenvalue weighted by Gasteiger charge is -2.02. The third kappa shape index (κ3) is 1.84. The predicted octanol–water partition coefficient (Wildman–Crippen LogP) is 2.11. The van der Waals surface area contributed by atoms with Crippen molar-refractivity contribution in [1.82, 2.24) is 0 Å². The molecule has 0 aliphatic carbocycles. The highest BCUT2D eigenvalue weighted by Gasteiger charge is 2.23. The van der Waals surface area contributed by atoms with E-state index in [1.165, 1.54) is 19.1 Å². The van der Waals surface area contributed by atoms with E-state index in [2.05, 4.69) is 0 Å². The van der Waals surface area contributed by atoms with Gasteiger partial charge in [0.15, 0.2) is 5.78 Å². The standard InChI is InChI=1S/C8H6INO4/c1-4(11)5-2-3-6(12)7(9)8(5)10(13)14/h2-3,12H,1H3. The first-order valence-corrected chi connectivity index (χ1v) is 4.69. The van der Waals surface area contributed by atoms with Crippen LogP contribution in [0.3, 0.4) is 0 Å². The topological polar surface area (TPSA) is 80.4 Å². The van der Waals surface area contributed by atoms with Crippen LogP contribution in [0.25, 0.3) is 0 Å². The Labute approximate surface area is 93.0 Å². The molecule has 0 aromatic heterocycles. The minimum Gasteiger partial charge on any atom is -0.507 e. The monoisotopic (exact) mass is 307 g/mol. The van der Waals surface area contributed by atoms with Gasteiger partial charge in [0, 0.05) is 0 Å². The van der Waals surface area contributed by atoms with Gasteiger partial charge in [0.05, 0.1) is 10.5 Å². The highest BCUT2D eigenvalue weighted by Crippen LogP contribution is 2.32. The molecule has 0 spiro atoms. The number of hydrogen-bond acceptors (Lipinski definition) is 4. The van der Waals surface area contributed by atoms with Gasteiger partial charge in [-0.05, 0) is 41.6 Å². The minimum atomic E-state index is -0.668. The number of ketones is 1. The summed E-state index contributed by atoms with van der Waals surface area (Å²) in [6.07, 6.45) is 0. The van der Waals surface area contributed by atoms with Crippen LogP contribution in [0.2, 0.25) is 0 Å². The lowest BCUT2D eigenvalue weighted by molar-refractivity contribution is -0.386. The van der Waals surface area contributed by atoms with E-state index in [-0.39, 0.29) is 20.6 Å². The average Bonchev–Trinajstić information content (AvgIpc) is 2.08. The molecular weight excluding hydrogens is 301 g/mol. The molecule has 0 aliphatic rings. The smallest absolute Gasteiger partial charge is 0.297 e. The van der Waals surface area contributed by atoms with E-state index in [1.54, 1.807) is 22.6 Å². The molecule has 0 radical (unpaired) electrons. The fraction of sp³-hybridized carbons (Fsp3) is 0.125. The number of nitrogens with zero attached hydrogens (tertiary/aromatic N) is 1. The van der Waals surface area contributed by atoms with Crippen molar-refractivity contribution in [3.63, 3.8) is 0 Å². The van der Waals surface area contributed by atoms with Gasteiger partial charge < -0.3 is 5.11 Å². The van der Waals surface area contributed by atoms with E-state index in [0.29, 0.717) is 0 Å². The Morgan fingerprint density at radius 1 is 1.57 bits per heavy atom. The van der Waals surface area contributed by atoms with Crippen molar-refractivity contribution in [2.24, 2.45) is 0 Å². The van der Waals surface area contributed by atoms with Gasteiger partial charge in [-0.25, -0.2) is 0 Å². The second kappa shape index (κ2) is 3.91. The molecule has 0 atom stereocenters. The number of nitro groups is 1. The van der Waals surface area contributed by atoms with E-state index < -0.39 is 10.7 Å². The molecule has 0 heterocycles. The van der Waals surface area contributed by atoms with E-state index in [4.69, 9.17) is 0 Å². The summed E-state index contributed by atoms with van der Waals surface area (Å²) in [6.45, 7) is 1.25. The largest absolute Gasteiger partial charge is 0.507 e. The second-order valence-corrected chi connectivity index (χ2v) is 3.69. The van der Waals surface area contributed by atoms with Crippen LogP contribution >= 0.6 is 22.6 Å². The third-order valence-corrected chi connectivity index (χ3v) is 2.72. The molecule has 0 unspecified atom stereocenters. The van der Waals surface area contributed by atoms with E-state index >= 15 is 0 Å². The van der Waals surface area contributed by atoms with Crippen molar-refractivity contribution in [3.8, 4) is 5.75 Å². The van der Waals surface area contributed by atoms with Gasteiger partial charge in [-0.2, -0.15) is 0 Å². The Morgan fingerprint density at radius 3 is 2.57 bits per heavy atom. The molecule has 1 N–H and O–H groups in total. The van der Waals surface area contributed by atoms with Crippen LogP contribution in [0.4, 0.5) is 5.69 Å². The first-order chi connectivity index (χ1) is 6.45. The lowest BCUT2D eigenvalue weighted by atomic mass is 10.1. The van der Waals surface area contributed by atoms with Crippen LogP contribution in [0, 0.1) is 13.7 Å². The van der Waals surface area contributed by atoms with Crippen molar-refractivity contribution in [1.29, 1.82) is 0 Å². The van der Waals surface area contributed by atoms with Crippen LogP contribution < -0.4 is 0 Å². The molecule has 1 aromatic rings. The maximum Gasteiger partial charge on any atom is 0.297 e. The average molecular weight is 307 g/mol. The molecule has 74 valence electrons. The molecule has 5 nitrogen and oxygen atoms in total. The molecule has 0 saturated heterocycles. The van der Waals surface area contributed by atoms with Gasteiger partial charge in [-0.1, -0.05) is 0 Å². The maximum atomic E-state index is 11.0. The van der Waals surface area contributed by atoms with Crippen molar-refractivity contribution in [3.05, 3.63) is 31.4 Å². The molecular formula is C8H6INO4. The van der Waals surface area contributed by atoms with Gasteiger partial charge in [0.1, 0.15) is 9.32 Å². The summed E-state index contributed by atoms with van der Waals surface area (Å²) in [5.74, 6) is -0.586. The van der Waals surface area contributed by atoms with Gasteiger partial charge in [-0.15, -0.1) is 0 Å². The first kappa shape index (κ1) is 10.9. The molecule has 6 heteroatoms. The summed E-state index contributed by atoms with van der Waals surface area (Å²) in [5, 5.41) is 19.9. The summed E-state index contributed by atoms with van der Waals surface area (Å²) in [4.78, 5) is 21.0. The number of benzene rings is 1. The van der Waals surface area contributed by atoms with E-state index in [0.717, 1.165) is 0 Å². The number of halogens is 1. The molecule has 0 bridgehead atoms. The SMILES string of the molecule is CC(=O)c1ccc(O)c(I)c1[N+](=O)[O-].